The summed E-state index contributed by atoms with van der Waals surface area (Å²) in [4.78, 5) is 24.3. The molecule has 0 saturated carbocycles. The molecule has 2 amide bonds. The molecule has 1 saturated heterocycles. The standard InChI is InChI=1S/C14H17F3N4O3/c1-8(22)18-9-3-5-11(14(15,16)17)21(7-9)13(23)10-4-6-12(24-2)20-19-10/h4,6,9,11H,3,5,7H2,1-2H3,(H,18,22)/t9-,11+/m0/s1. The van der Waals surface area contributed by atoms with E-state index in [-0.39, 0.29) is 36.9 Å². The van der Waals surface area contributed by atoms with Gasteiger partial charge in [-0.15, -0.1) is 10.2 Å². The minimum Gasteiger partial charge on any atom is -0.480 e. The number of alkyl halides is 3. The van der Waals surface area contributed by atoms with Crippen LogP contribution < -0.4 is 10.1 Å². The zero-order valence-electron chi connectivity index (χ0n) is 13.1. The van der Waals surface area contributed by atoms with Crippen LogP contribution in [0.1, 0.15) is 30.3 Å². The Hall–Kier alpha value is -2.39. The largest absolute Gasteiger partial charge is 0.480 e. The first-order valence-electron chi connectivity index (χ1n) is 7.25. The maximum atomic E-state index is 13.2. The monoisotopic (exact) mass is 346 g/mol. The Balaban J connectivity index is 2.24. The number of nitrogens with one attached hydrogen (secondary N) is 1. The van der Waals surface area contributed by atoms with Gasteiger partial charge in [0.2, 0.25) is 11.8 Å². The van der Waals surface area contributed by atoms with E-state index in [0.29, 0.717) is 4.90 Å². The Morgan fingerprint density at radius 1 is 1.29 bits per heavy atom. The molecule has 1 aliphatic rings. The predicted octanol–water partition coefficient (Wildman–Crippen LogP) is 1.16. The number of carbonyl (C=O) groups excluding carboxylic acids is 2. The SMILES string of the molecule is COc1ccc(C(=O)N2C[C@@H](NC(C)=O)CC[C@@H]2C(F)(F)F)nn1. The van der Waals surface area contributed by atoms with Gasteiger partial charge >= 0.3 is 6.18 Å². The molecule has 132 valence electrons. The number of hydrogen-bond acceptors (Lipinski definition) is 5. The summed E-state index contributed by atoms with van der Waals surface area (Å²) in [5, 5.41) is 9.76. The summed E-state index contributed by atoms with van der Waals surface area (Å²) in [5.41, 5.74) is -0.214. The number of aromatic nitrogens is 2. The van der Waals surface area contributed by atoms with E-state index in [1.165, 1.54) is 26.2 Å². The van der Waals surface area contributed by atoms with Crippen molar-refractivity contribution in [1.82, 2.24) is 20.4 Å². The number of likely N-dealkylation sites (tertiary alicyclic amines) is 1. The molecule has 0 radical (unpaired) electrons. The van der Waals surface area contributed by atoms with Crippen molar-refractivity contribution < 1.29 is 27.5 Å². The second kappa shape index (κ2) is 7.02. The second-order valence-corrected chi connectivity index (χ2v) is 5.45. The molecule has 0 unspecified atom stereocenters. The van der Waals surface area contributed by atoms with Crippen LogP contribution >= 0.6 is 0 Å². The van der Waals surface area contributed by atoms with E-state index >= 15 is 0 Å². The molecular weight excluding hydrogens is 329 g/mol. The lowest BCUT2D eigenvalue weighted by Gasteiger charge is -2.40. The summed E-state index contributed by atoms with van der Waals surface area (Å²) in [5.74, 6) is -1.10. The van der Waals surface area contributed by atoms with Crippen LogP contribution in [0, 0.1) is 0 Å². The van der Waals surface area contributed by atoms with Crippen molar-refractivity contribution in [2.45, 2.75) is 38.0 Å². The zero-order valence-corrected chi connectivity index (χ0v) is 13.1. The Morgan fingerprint density at radius 3 is 2.50 bits per heavy atom. The number of amides is 2. The van der Waals surface area contributed by atoms with E-state index in [1.54, 1.807) is 0 Å². The summed E-state index contributed by atoms with van der Waals surface area (Å²) in [6.07, 6.45) is -4.71. The van der Waals surface area contributed by atoms with Crippen LogP contribution in [-0.2, 0) is 4.79 Å². The van der Waals surface area contributed by atoms with Gasteiger partial charge in [-0.1, -0.05) is 0 Å². The fourth-order valence-corrected chi connectivity index (χ4v) is 2.63. The molecule has 2 heterocycles. The highest BCUT2D eigenvalue weighted by atomic mass is 19.4. The predicted molar refractivity (Wildman–Crippen MR) is 76.3 cm³/mol. The highest BCUT2D eigenvalue weighted by molar-refractivity contribution is 5.92. The topological polar surface area (TPSA) is 84.4 Å². The lowest BCUT2D eigenvalue weighted by Crippen LogP contribution is -2.58. The van der Waals surface area contributed by atoms with E-state index in [2.05, 4.69) is 15.5 Å². The molecule has 1 N–H and O–H groups in total. The van der Waals surface area contributed by atoms with E-state index in [4.69, 9.17) is 4.74 Å². The van der Waals surface area contributed by atoms with E-state index < -0.39 is 24.2 Å². The third kappa shape index (κ3) is 4.12. The Morgan fingerprint density at radius 2 is 2.00 bits per heavy atom. The Labute approximate surface area is 136 Å². The number of rotatable bonds is 3. The molecular formula is C14H17F3N4O3. The van der Waals surface area contributed by atoms with Crippen LogP contribution in [0.25, 0.3) is 0 Å². The molecule has 7 nitrogen and oxygen atoms in total. The van der Waals surface area contributed by atoms with Crippen LogP contribution in [0.3, 0.4) is 0 Å². The molecule has 0 aliphatic carbocycles. The van der Waals surface area contributed by atoms with E-state index in [9.17, 15) is 22.8 Å². The summed E-state index contributed by atoms with van der Waals surface area (Å²) >= 11 is 0. The lowest BCUT2D eigenvalue weighted by atomic mass is 9.97. The molecule has 24 heavy (non-hydrogen) atoms. The van der Waals surface area contributed by atoms with Crippen molar-refractivity contribution in [2.24, 2.45) is 0 Å². The molecule has 0 aromatic carbocycles. The van der Waals surface area contributed by atoms with Crippen LogP contribution in [0.2, 0.25) is 0 Å². The number of ether oxygens (including phenoxy) is 1. The van der Waals surface area contributed by atoms with Gasteiger partial charge in [0.1, 0.15) is 6.04 Å². The average Bonchev–Trinajstić information content (AvgIpc) is 2.52. The number of piperidine rings is 1. The van der Waals surface area contributed by atoms with Gasteiger partial charge in [-0.25, -0.2) is 0 Å². The summed E-state index contributed by atoms with van der Waals surface area (Å²) < 4.78 is 44.5. The highest BCUT2D eigenvalue weighted by Gasteiger charge is 2.48. The second-order valence-electron chi connectivity index (χ2n) is 5.45. The van der Waals surface area contributed by atoms with Gasteiger partial charge in [0.05, 0.1) is 7.11 Å². The minimum atomic E-state index is -4.56. The normalized spacial score (nSPS) is 21.3. The molecule has 2 atom stereocenters. The number of methoxy groups -OCH3 is 1. The average molecular weight is 346 g/mol. The third-order valence-corrected chi connectivity index (χ3v) is 3.70. The van der Waals surface area contributed by atoms with Gasteiger partial charge in [-0.3, -0.25) is 9.59 Å². The van der Waals surface area contributed by atoms with E-state index in [0.717, 1.165) is 0 Å². The van der Waals surface area contributed by atoms with Crippen LogP contribution in [0.15, 0.2) is 12.1 Å². The van der Waals surface area contributed by atoms with Crippen molar-refractivity contribution >= 4 is 11.8 Å². The van der Waals surface area contributed by atoms with Crippen LogP contribution in [-0.4, -0.2) is 58.8 Å². The van der Waals surface area contributed by atoms with Crippen LogP contribution in [0.5, 0.6) is 5.88 Å². The highest BCUT2D eigenvalue weighted by Crippen LogP contribution is 2.32. The smallest absolute Gasteiger partial charge is 0.408 e. The maximum Gasteiger partial charge on any atom is 0.408 e. The van der Waals surface area contributed by atoms with E-state index in [1.807, 2.05) is 0 Å². The Bertz CT molecular complexity index is 606. The third-order valence-electron chi connectivity index (χ3n) is 3.70. The quantitative estimate of drug-likeness (QED) is 0.888. The van der Waals surface area contributed by atoms with Gasteiger partial charge in [-0.05, 0) is 18.9 Å². The van der Waals surface area contributed by atoms with Crippen molar-refractivity contribution in [3.63, 3.8) is 0 Å². The van der Waals surface area contributed by atoms with Gasteiger partial charge in [0.25, 0.3) is 5.91 Å². The van der Waals surface area contributed by atoms with Gasteiger partial charge in [-0.2, -0.15) is 13.2 Å². The molecule has 1 fully saturated rings. The van der Waals surface area contributed by atoms with Gasteiger partial charge < -0.3 is 15.0 Å². The number of hydrogen-bond donors (Lipinski definition) is 1. The van der Waals surface area contributed by atoms with Crippen molar-refractivity contribution in [3.8, 4) is 5.88 Å². The first-order valence-corrected chi connectivity index (χ1v) is 7.25. The van der Waals surface area contributed by atoms with Gasteiger partial charge in [0, 0.05) is 25.6 Å². The number of nitrogens with zero attached hydrogens (tertiary/aromatic N) is 3. The first-order chi connectivity index (χ1) is 11.2. The van der Waals surface area contributed by atoms with Crippen molar-refractivity contribution in [1.29, 1.82) is 0 Å². The molecule has 1 aromatic heterocycles. The Kier molecular flexibility index (Phi) is 5.25. The lowest BCUT2D eigenvalue weighted by molar-refractivity contribution is -0.184. The molecule has 0 bridgehead atoms. The van der Waals surface area contributed by atoms with Crippen molar-refractivity contribution in [2.75, 3.05) is 13.7 Å². The summed E-state index contributed by atoms with van der Waals surface area (Å²) in [6.45, 7) is 1.03. The molecule has 1 aliphatic heterocycles. The summed E-state index contributed by atoms with van der Waals surface area (Å²) in [6, 6.07) is 0.150. The van der Waals surface area contributed by atoms with Crippen LogP contribution in [0.4, 0.5) is 13.2 Å². The summed E-state index contributed by atoms with van der Waals surface area (Å²) in [7, 11) is 1.36. The maximum absolute atomic E-state index is 13.2. The molecule has 10 heteroatoms. The fraction of sp³-hybridized carbons (Fsp3) is 0.571. The number of halogens is 3. The molecule has 0 spiro atoms. The molecule has 1 aromatic rings. The first kappa shape index (κ1) is 18.0. The van der Waals surface area contributed by atoms with Crippen molar-refractivity contribution in [3.05, 3.63) is 17.8 Å². The molecule has 2 rings (SSSR count). The fourth-order valence-electron chi connectivity index (χ4n) is 2.63. The van der Waals surface area contributed by atoms with Gasteiger partial charge in [0.15, 0.2) is 5.69 Å². The number of carbonyl (C=O) groups is 2. The zero-order chi connectivity index (χ0) is 17.9. The minimum absolute atomic E-state index is 0.141.